The Bertz CT molecular complexity index is 473. The van der Waals surface area contributed by atoms with Gasteiger partial charge in [-0.15, -0.1) is 0 Å². The van der Waals surface area contributed by atoms with Gasteiger partial charge in [0.2, 0.25) is 5.88 Å². The molecule has 2 rings (SSSR count). The molecule has 18 heavy (non-hydrogen) atoms. The number of aryl methyl sites for hydroxylation is 1. The van der Waals surface area contributed by atoms with E-state index in [0.717, 1.165) is 12.8 Å². The van der Waals surface area contributed by atoms with Crippen molar-refractivity contribution < 1.29 is 4.74 Å². The van der Waals surface area contributed by atoms with Gasteiger partial charge in [-0.3, -0.25) is 0 Å². The highest BCUT2D eigenvalue weighted by Crippen LogP contribution is 2.11. The maximum Gasteiger partial charge on any atom is 0.215 e. The van der Waals surface area contributed by atoms with E-state index in [2.05, 4.69) is 22.5 Å². The minimum atomic E-state index is 0.596. The molecule has 1 heterocycles. The number of aromatic nitrogens is 1. The van der Waals surface area contributed by atoms with Crippen molar-refractivity contribution in [2.45, 2.75) is 12.8 Å². The summed E-state index contributed by atoms with van der Waals surface area (Å²) in [5.41, 5.74) is 3.82. The van der Waals surface area contributed by atoms with Crippen LogP contribution in [0.3, 0.4) is 0 Å². The van der Waals surface area contributed by atoms with Gasteiger partial charge in [-0.05, 0) is 24.5 Å². The Morgan fingerprint density at radius 2 is 1.89 bits per heavy atom. The van der Waals surface area contributed by atoms with Crippen LogP contribution in [0.4, 0.5) is 5.82 Å². The van der Waals surface area contributed by atoms with Crippen LogP contribution in [-0.2, 0) is 6.42 Å². The number of nitrogen functional groups attached to an aromatic ring is 1. The lowest BCUT2D eigenvalue weighted by Crippen LogP contribution is -2.09. The Hall–Kier alpha value is -2.07. The van der Waals surface area contributed by atoms with Crippen molar-refractivity contribution >= 4 is 5.82 Å². The summed E-state index contributed by atoms with van der Waals surface area (Å²) >= 11 is 0. The zero-order valence-corrected chi connectivity index (χ0v) is 10.2. The number of nitrogens with zero attached hydrogens (tertiary/aromatic N) is 1. The highest BCUT2D eigenvalue weighted by molar-refractivity contribution is 5.35. The number of nitrogens with two attached hydrogens (primary N) is 1. The normalized spacial score (nSPS) is 10.1. The lowest BCUT2D eigenvalue weighted by atomic mass is 10.1. The molecule has 0 aliphatic carbocycles. The number of anilines is 1. The van der Waals surface area contributed by atoms with Gasteiger partial charge in [-0.2, -0.15) is 4.98 Å². The first kappa shape index (κ1) is 12.4. The third-order valence-corrected chi connectivity index (χ3v) is 2.57. The predicted octanol–water partition coefficient (Wildman–Crippen LogP) is 2.38. The fourth-order valence-corrected chi connectivity index (χ4v) is 1.67. The van der Waals surface area contributed by atoms with E-state index in [4.69, 9.17) is 10.6 Å². The summed E-state index contributed by atoms with van der Waals surface area (Å²) in [5.74, 6) is 6.48. The summed E-state index contributed by atoms with van der Waals surface area (Å²) in [5, 5.41) is 0. The van der Waals surface area contributed by atoms with E-state index in [1.54, 1.807) is 6.07 Å². The summed E-state index contributed by atoms with van der Waals surface area (Å²) in [7, 11) is 0. The van der Waals surface area contributed by atoms with Crippen LogP contribution in [-0.4, -0.2) is 11.6 Å². The zero-order chi connectivity index (χ0) is 12.6. The van der Waals surface area contributed by atoms with Crippen LogP contribution in [0.1, 0.15) is 12.0 Å². The lowest BCUT2D eigenvalue weighted by Gasteiger charge is -2.06. The fourth-order valence-electron chi connectivity index (χ4n) is 1.67. The number of hydrazine groups is 1. The molecule has 2 aromatic rings. The van der Waals surface area contributed by atoms with Gasteiger partial charge in [-0.1, -0.05) is 36.4 Å². The molecule has 0 bridgehead atoms. The summed E-state index contributed by atoms with van der Waals surface area (Å²) in [6.07, 6.45) is 1.97. The second-order valence-corrected chi connectivity index (χ2v) is 3.94. The average Bonchev–Trinajstić information content (AvgIpc) is 2.45. The molecule has 0 atom stereocenters. The molecule has 0 amide bonds. The molecule has 0 spiro atoms. The molecule has 0 saturated carbocycles. The Morgan fingerprint density at radius 1 is 1.06 bits per heavy atom. The second kappa shape index (κ2) is 6.61. The van der Waals surface area contributed by atoms with Crippen LogP contribution in [0.2, 0.25) is 0 Å². The van der Waals surface area contributed by atoms with Crippen molar-refractivity contribution in [3.8, 4) is 5.88 Å². The second-order valence-electron chi connectivity index (χ2n) is 3.94. The molecular weight excluding hydrogens is 226 g/mol. The third kappa shape index (κ3) is 3.75. The summed E-state index contributed by atoms with van der Waals surface area (Å²) in [6.45, 7) is 0.649. The quantitative estimate of drug-likeness (QED) is 0.464. The van der Waals surface area contributed by atoms with E-state index in [-0.39, 0.29) is 0 Å². The van der Waals surface area contributed by atoms with E-state index >= 15 is 0 Å². The van der Waals surface area contributed by atoms with Gasteiger partial charge in [0.25, 0.3) is 0 Å². The van der Waals surface area contributed by atoms with Crippen molar-refractivity contribution in [3.05, 3.63) is 54.1 Å². The van der Waals surface area contributed by atoms with Gasteiger partial charge in [-0.25, -0.2) is 5.84 Å². The maximum atomic E-state index is 5.56. The van der Waals surface area contributed by atoms with Crippen LogP contribution in [0.15, 0.2) is 48.5 Å². The standard InChI is InChI=1S/C14H17N3O/c15-17-13-9-4-10-14(16-13)18-11-5-8-12-6-2-1-3-7-12/h1-4,6-7,9-10H,5,8,11,15H2,(H,16,17). The Balaban J connectivity index is 1.75. The van der Waals surface area contributed by atoms with Gasteiger partial charge in [0, 0.05) is 6.07 Å². The molecule has 0 fully saturated rings. The predicted molar refractivity (Wildman–Crippen MR) is 72.3 cm³/mol. The van der Waals surface area contributed by atoms with Crippen LogP contribution < -0.4 is 16.0 Å². The van der Waals surface area contributed by atoms with Crippen LogP contribution in [0.25, 0.3) is 0 Å². The molecule has 0 radical (unpaired) electrons. The minimum Gasteiger partial charge on any atom is -0.478 e. The number of hydrogen-bond donors (Lipinski definition) is 2. The Kier molecular flexibility index (Phi) is 4.55. The van der Waals surface area contributed by atoms with Crippen molar-refractivity contribution in [1.82, 2.24) is 4.98 Å². The van der Waals surface area contributed by atoms with Crippen LogP contribution >= 0.6 is 0 Å². The molecule has 3 N–H and O–H groups in total. The van der Waals surface area contributed by atoms with Gasteiger partial charge in [0.1, 0.15) is 5.82 Å². The molecule has 4 nitrogen and oxygen atoms in total. The highest BCUT2D eigenvalue weighted by atomic mass is 16.5. The molecule has 1 aromatic carbocycles. The molecule has 0 aliphatic heterocycles. The average molecular weight is 243 g/mol. The SMILES string of the molecule is NNc1cccc(OCCCc2ccccc2)n1. The van der Waals surface area contributed by atoms with E-state index in [1.807, 2.05) is 30.3 Å². The molecule has 0 saturated heterocycles. The van der Waals surface area contributed by atoms with E-state index in [1.165, 1.54) is 5.56 Å². The number of pyridine rings is 1. The molecule has 94 valence electrons. The van der Waals surface area contributed by atoms with E-state index in [0.29, 0.717) is 18.3 Å². The molecule has 4 heteroatoms. The van der Waals surface area contributed by atoms with Gasteiger partial charge >= 0.3 is 0 Å². The largest absolute Gasteiger partial charge is 0.478 e. The number of hydrogen-bond acceptors (Lipinski definition) is 4. The first-order valence-corrected chi connectivity index (χ1v) is 5.99. The zero-order valence-electron chi connectivity index (χ0n) is 10.2. The monoisotopic (exact) mass is 243 g/mol. The van der Waals surface area contributed by atoms with Gasteiger partial charge in [0.15, 0.2) is 0 Å². The summed E-state index contributed by atoms with van der Waals surface area (Å²) < 4.78 is 5.56. The molecule has 0 unspecified atom stereocenters. The first-order valence-electron chi connectivity index (χ1n) is 5.99. The van der Waals surface area contributed by atoms with Crippen molar-refractivity contribution in [1.29, 1.82) is 0 Å². The third-order valence-electron chi connectivity index (χ3n) is 2.57. The minimum absolute atomic E-state index is 0.596. The van der Waals surface area contributed by atoms with Crippen molar-refractivity contribution in [2.75, 3.05) is 12.0 Å². The van der Waals surface area contributed by atoms with E-state index < -0.39 is 0 Å². The number of rotatable bonds is 6. The molecule has 1 aromatic heterocycles. The number of benzene rings is 1. The van der Waals surface area contributed by atoms with Gasteiger partial charge in [0.05, 0.1) is 6.61 Å². The maximum absolute atomic E-state index is 5.56. The van der Waals surface area contributed by atoms with Gasteiger partial charge < -0.3 is 10.2 Å². The van der Waals surface area contributed by atoms with Crippen LogP contribution in [0.5, 0.6) is 5.88 Å². The smallest absolute Gasteiger partial charge is 0.215 e. The lowest BCUT2D eigenvalue weighted by molar-refractivity contribution is 0.299. The number of ether oxygens (including phenoxy) is 1. The van der Waals surface area contributed by atoms with E-state index in [9.17, 15) is 0 Å². The molecular formula is C14H17N3O. The summed E-state index contributed by atoms with van der Waals surface area (Å²) in [4.78, 5) is 4.18. The highest BCUT2D eigenvalue weighted by Gasteiger charge is 1.97. The first-order chi connectivity index (χ1) is 8.88. The van der Waals surface area contributed by atoms with Crippen molar-refractivity contribution in [2.24, 2.45) is 5.84 Å². The topological polar surface area (TPSA) is 60.2 Å². The molecule has 0 aliphatic rings. The van der Waals surface area contributed by atoms with Crippen LogP contribution in [0, 0.1) is 0 Å². The number of nitrogens with one attached hydrogen (secondary N) is 1. The Morgan fingerprint density at radius 3 is 2.67 bits per heavy atom. The Labute approximate surface area is 107 Å². The summed E-state index contributed by atoms with van der Waals surface area (Å²) in [6, 6.07) is 15.8. The van der Waals surface area contributed by atoms with Crippen molar-refractivity contribution in [3.63, 3.8) is 0 Å². The fraction of sp³-hybridized carbons (Fsp3) is 0.214.